The van der Waals surface area contributed by atoms with Crippen LogP contribution < -0.4 is 4.72 Å². The summed E-state index contributed by atoms with van der Waals surface area (Å²) in [6.07, 6.45) is 3.72. The number of rotatable bonds is 6. The summed E-state index contributed by atoms with van der Waals surface area (Å²) in [6, 6.07) is 10.2. The van der Waals surface area contributed by atoms with Crippen molar-refractivity contribution in [1.82, 2.24) is 19.4 Å². The summed E-state index contributed by atoms with van der Waals surface area (Å²) in [5.41, 5.74) is 1.79. The molecule has 2 heterocycles. The van der Waals surface area contributed by atoms with Crippen LogP contribution in [0.1, 0.15) is 37.1 Å². The van der Waals surface area contributed by atoms with Crippen molar-refractivity contribution < 1.29 is 8.42 Å². The smallest absolute Gasteiger partial charge is 0.244 e. The molecule has 1 aliphatic heterocycles. The van der Waals surface area contributed by atoms with Crippen molar-refractivity contribution in [3.8, 4) is 0 Å². The van der Waals surface area contributed by atoms with E-state index in [-0.39, 0.29) is 10.9 Å². The van der Waals surface area contributed by atoms with Gasteiger partial charge in [0.1, 0.15) is 4.90 Å². The Kier molecular flexibility index (Phi) is 5.79. The molecule has 0 spiro atoms. The normalized spacial score (nSPS) is 18.1. The summed E-state index contributed by atoms with van der Waals surface area (Å²) >= 11 is 0. The molecule has 1 unspecified atom stereocenters. The average molecular weight is 377 g/mol. The number of nitrogens with zero attached hydrogens (tertiary/aromatic N) is 3. The van der Waals surface area contributed by atoms with E-state index in [9.17, 15) is 8.42 Å². The fourth-order valence-electron chi connectivity index (χ4n) is 3.48. The highest BCUT2D eigenvalue weighted by Gasteiger charge is 2.27. The third-order valence-electron chi connectivity index (χ3n) is 5.39. The van der Waals surface area contributed by atoms with E-state index in [4.69, 9.17) is 0 Å². The van der Waals surface area contributed by atoms with E-state index in [0.717, 1.165) is 37.4 Å². The first-order valence-electron chi connectivity index (χ1n) is 9.15. The lowest BCUT2D eigenvalue weighted by Crippen LogP contribution is -2.42. The molecule has 1 N–H and O–H groups in total. The lowest BCUT2D eigenvalue weighted by Gasteiger charge is -2.37. The Morgan fingerprint density at radius 3 is 2.46 bits per heavy atom. The second-order valence-corrected chi connectivity index (χ2v) is 8.95. The van der Waals surface area contributed by atoms with Crippen LogP contribution in [0.2, 0.25) is 0 Å². The lowest BCUT2D eigenvalue weighted by atomic mass is 9.96. The molecular weight excluding hydrogens is 348 g/mol. The Bertz CT molecular complexity index is 824. The van der Waals surface area contributed by atoms with Gasteiger partial charge in [0.15, 0.2) is 0 Å². The van der Waals surface area contributed by atoms with Gasteiger partial charge in [0, 0.05) is 19.6 Å². The Hall–Kier alpha value is -1.70. The summed E-state index contributed by atoms with van der Waals surface area (Å²) in [5, 5.41) is 4.05. The maximum atomic E-state index is 12.8. The van der Waals surface area contributed by atoms with Crippen LogP contribution >= 0.6 is 0 Å². The van der Waals surface area contributed by atoms with Gasteiger partial charge in [-0.15, -0.1) is 0 Å². The summed E-state index contributed by atoms with van der Waals surface area (Å²) in [7, 11) is -1.84. The van der Waals surface area contributed by atoms with E-state index in [1.165, 1.54) is 6.20 Å². The highest BCUT2D eigenvalue weighted by Crippen LogP contribution is 2.27. The Morgan fingerprint density at radius 2 is 1.88 bits per heavy atom. The van der Waals surface area contributed by atoms with Crippen molar-refractivity contribution in [1.29, 1.82) is 0 Å². The van der Waals surface area contributed by atoms with Gasteiger partial charge in [0.2, 0.25) is 10.0 Å². The molecule has 3 rings (SSSR count). The van der Waals surface area contributed by atoms with Crippen molar-refractivity contribution in [3.63, 3.8) is 0 Å². The van der Waals surface area contributed by atoms with E-state index >= 15 is 0 Å². The zero-order chi connectivity index (χ0) is 18.7. The molecule has 0 aliphatic carbocycles. The molecule has 2 aromatic rings. The van der Waals surface area contributed by atoms with E-state index in [0.29, 0.717) is 12.2 Å². The van der Waals surface area contributed by atoms with Gasteiger partial charge < -0.3 is 0 Å². The van der Waals surface area contributed by atoms with Crippen molar-refractivity contribution >= 4 is 10.0 Å². The van der Waals surface area contributed by atoms with Crippen LogP contribution in [0, 0.1) is 12.8 Å². The number of hydrogen-bond acceptors (Lipinski definition) is 4. The molecule has 26 heavy (non-hydrogen) atoms. The van der Waals surface area contributed by atoms with Crippen LogP contribution in [0.3, 0.4) is 0 Å². The average Bonchev–Trinajstić information content (AvgIpc) is 2.97. The number of nitrogens with one attached hydrogen (secondary N) is 1. The number of hydrogen-bond donors (Lipinski definition) is 1. The predicted molar refractivity (Wildman–Crippen MR) is 102 cm³/mol. The summed E-state index contributed by atoms with van der Waals surface area (Å²) in [6.45, 7) is 6.39. The Labute approximate surface area is 156 Å². The quantitative estimate of drug-likeness (QED) is 0.841. The molecule has 1 aromatic carbocycles. The van der Waals surface area contributed by atoms with Crippen LogP contribution in [0.15, 0.2) is 41.4 Å². The van der Waals surface area contributed by atoms with Crippen LogP contribution in [0.5, 0.6) is 0 Å². The van der Waals surface area contributed by atoms with Crippen molar-refractivity contribution in [2.45, 2.75) is 37.6 Å². The minimum absolute atomic E-state index is 0.0375. The number of sulfonamides is 1. The Morgan fingerprint density at radius 1 is 1.23 bits per heavy atom. The molecule has 142 valence electrons. The maximum Gasteiger partial charge on any atom is 0.244 e. The number of aryl methyl sites for hydroxylation is 1. The van der Waals surface area contributed by atoms with Crippen LogP contribution in [-0.4, -0.2) is 42.7 Å². The molecule has 0 radical (unpaired) electrons. The van der Waals surface area contributed by atoms with Gasteiger partial charge in [0.25, 0.3) is 0 Å². The van der Waals surface area contributed by atoms with Gasteiger partial charge in [-0.1, -0.05) is 37.3 Å². The fourth-order valence-corrected chi connectivity index (χ4v) is 4.72. The van der Waals surface area contributed by atoms with E-state index in [1.807, 2.05) is 18.2 Å². The number of likely N-dealkylation sites (tertiary alicyclic amines) is 1. The van der Waals surface area contributed by atoms with Crippen molar-refractivity contribution in [2.24, 2.45) is 13.0 Å². The first-order chi connectivity index (χ1) is 12.4. The molecule has 0 bridgehead atoms. The first kappa shape index (κ1) is 19.1. The number of piperidine rings is 1. The van der Waals surface area contributed by atoms with Gasteiger partial charge in [-0.3, -0.25) is 9.58 Å². The predicted octanol–water partition coefficient (Wildman–Crippen LogP) is 2.48. The fraction of sp³-hybridized carbons (Fsp3) is 0.526. The maximum absolute atomic E-state index is 12.8. The molecular formula is C19H28N4O2S. The number of aromatic nitrogens is 2. The molecule has 1 saturated heterocycles. The van der Waals surface area contributed by atoms with E-state index < -0.39 is 10.0 Å². The van der Waals surface area contributed by atoms with Gasteiger partial charge in [-0.05, 0) is 44.3 Å². The second kappa shape index (κ2) is 7.90. The van der Waals surface area contributed by atoms with E-state index in [1.54, 1.807) is 18.7 Å². The zero-order valence-corrected chi connectivity index (χ0v) is 16.5. The van der Waals surface area contributed by atoms with Gasteiger partial charge in [-0.25, -0.2) is 13.1 Å². The molecule has 0 amide bonds. The highest BCUT2D eigenvalue weighted by molar-refractivity contribution is 7.89. The largest absolute Gasteiger partial charge is 0.295 e. The topological polar surface area (TPSA) is 67.2 Å². The second-order valence-electron chi connectivity index (χ2n) is 7.21. The van der Waals surface area contributed by atoms with Crippen LogP contribution in [0.25, 0.3) is 0 Å². The molecule has 1 atom stereocenters. The first-order valence-corrected chi connectivity index (χ1v) is 10.6. The van der Waals surface area contributed by atoms with Crippen molar-refractivity contribution in [2.75, 3.05) is 19.6 Å². The van der Waals surface area contributed by atoms with Crippen LogP contribution in [-0.2, 0) is 17.1 Å². The van der Waals surface area contributed by atoms with Gasteiger partial charge >= 0.3 is 0 Å². The SMILES string of the molecule is Cc1c(S(=O)(=O)NCC(c2ccccc2)N2CCC(C)CC2)cnn1C. The minimum atomic E-state index is -3.58. The van der Waals surface area contributed by atoms with Crippen molar-refractivity contribution in [3.05, 3.63) is 47.8 Å². The molecule has 7 heteroatoms. The Balaban J connectivity index is 1.79. The van der Waals surface area contributed by atoms with E-state index in [2.05, 4.69) is 33.8 Å². The summed E-state index contributed by atoms with van der Waals surface area (Å²) < 4.78 is 29.9. The van der Waals surface area contributed by atoms with Gasteiger partial charge in [0.05, 0.1) is 11.9 Å². The standard InChI is InChI=1S/C19H28N4O2S/c1-15-9-11-23(12-10-15)18(17-7-5-4-6-8-17)13-21-26(24,25)19-14-20-22(3)16(19)2/h4-8,14-15,18,21H,9-13H2,1-3H3. The monoisotopic (exact) mass is 376 g/mol. The van der Waals surface area contributed by atoms with Crippen LogP contribution in [0.4, 0.5) is 0 Å². The minimum Gasteiger partial charge on any atom is -0.295 e. The number of benzene rings is 1. The third kappa shape index (κ3) is 4.16. The highest BCUT2D eigenvalue weighted by atomic mass is 32.2. The molecule has 1 aliphatic rings. The molecule has 6 nitrogen and oxygen atoms in total. The molecule has 1 fully saturated rings. The zero-order valence-electron chi connectivity index (χ0n) is 15.7. The molecule has 1 aromatic heterocycles. The summed E-state index contributed by atoms with van der Waals surface area (Å²) in [4.78, 5) is 2.65. The van der Waals surface area contributed by atoms with Gasteiger partial charge in [-0.2, -0.15) is 5.10 Å². The lowest BCUT2D eigenvalue weighted by molar-refractivity contribution is 0.139. The molecule has 0 saturated carbocycles. The third-order valence-corrected chi connectivity index (χ3v) is 6.92. The summed E-state index contributed by atoms with van der Waals surface area (Å²) in [5.74, 6) is 0.734.